The molecule has 3 atom stereocenters. The SMILES string of the molecule is CCC(C(N)=O)C(C)CC(C)C(F)(F)F. The maximum absolute atomic E-state index is 12.3. The fourth-order valence-corrected chi connectivity index (χ4v) is 1.74. The molecule has 0 aliphatic rings. The molecule has 0 spiro atoms. The van der Waals surface area contributed by atoms with Crippen molar-refractivity contribution in [3.05, 3.63) is 0 Å². The normalized spacial score (nSPS) is 18.3. The molecule has 2 nitrogen and oxygen atoms in total. The fraction of sp³-hybridized carbons (Fsp3) is 0.900. The van der Waals surface area contributed by atoms with Gasteiger partial charge >= 0.3 is 6.18 Å². The highest BCUT2D eigenvalue weighted by Gasteiger charge is 2.38. The lowest BCUT2D eigenvalue weighted by molar-refractivity contribution is -0.175. The molecule has 0 aromatic carbocycles. The Labute approximate surface area is 88.0 Å². The predicted molar refractivity (Wildman–Crippen MR) is 52.0 cm³/mol. The molecule has 0 aromatic heterocycles. The Morgan fingerprint density at radius 3 is 2.07 bits per heavy atom. The minimum absolute atomic E-state index is 0.0506. The summed E-state index contributed by atoms with van der Waals surface area (Å²) >= 11 is 0. The summed E-state index contributed by atoms with van der Waals surface area (Å²) in [6, 6.07) is 0. The number of rotatable bonds is 5. The van der Waals surface area contributed by atoms with Gasteiger partial charge in [-0.3, -0.25) is 4.79 Å². The van der Waals surface area contributed by atoms with Gasteiger partial charge in [-0.2, -0.15) is 13.2 Å². The molecule has 0 rings (SSSR count). The van der Waals surface area contributed by atoms with E-state index < -0.39 is 23.9 Å². The first-order chi connectivity index (χ1) is 6.70. The number of carbonyl (C=O) groups is 1. The van der Waals surface area contributed by atoms with E-state index in [1.165, 1.54) is 0 Å². The van der Waals surface area contributed by atoms with Gasteiger partial charge in [-0.15, -0.1) is 0 Å². The van der Waals surface area contributed by atoms with Gasteiger partial charge in [-0.05, 0) is 18.8 Å². The molecule has 3 unspecified atom stereocenters. The van der Waals surface area contributed by atoms with Gasteiger partial charge in [-0.25, -0.2) is 0 Å². The van der Waals surface area contributed by atoms with Crippen molar-refractivity contribution in [2.75, 3.05) is 0 Å². The van der Waals surface area contributed by atoms with Gasteiger partial charge in [-0.1, -0.05) is 20.8 Å². The van der Waals surface area contributed by atoms with Crippen LogP contribution < -0.4 is 5.73 Å². The molecule has 0 bridgehead atoms. The van der Waals surface area contributed by atoms with Crippen LogP contribution in [0.4, 0.5) is 13.2 Å². The maximum atomic E-state index is 12.3. The third-order valence-electron chi connectivity index (χ3n) is 2.78. The summed E-state index contributed by atoms with van der Waals surface area (Å²) in [5.41, 5.74) is 5.11. The molecule has 15 heavy (non-hydrogen) atoms. The van der Waals surface area contributed by atoms with Crippen LogP contribution in [0.15, 0.2) is 0 Å². The van der Waals surface area contributed by atoms with Crippen LogP contribution in [0.1, 0.15) is 33.6 Å². The van der Waals surface area contributed by atoms with Gasteiger partial charge < -0.3 is 5.73 Å². The lowest BCUT2D eigenvalue weighted by atomic mass is 9.84. The summed E-state index contributed by atoms with van der Waals surface area (Å²) in [7, 11) is 0. The van der Waals surface area contributed by atoms with Crippen molar-refractivity contribution < 1.29 is 18.0 Å². The molecular formula is C10H18F3NO. The molecule has 2 N–H and O–H groups in total. The Morgan fingerprint density at radius 2 is 1.80 bits per heavy atom. The second kappa shape index (κ2) is 5.37. The lowest BCUT2D eigenvalue weighted by Crippen LogP contribution is -2.31. The third kappa shape index (κ3) is 4.53. The highest BCUT2D eigenvalue weighted by Crippen LogP contribution is 2.33. The van der Waals surface area contributed by atoms with Gasteiger partial charge in [0.25, 0.3) is 0 Å². The van der Waals surface area contributed by atoms with E-state index in [1.807, 2.05) is 0 Å². The van der Waals surface area contributed by atoms with Crippen molar-refractivity contribution in [1.29, 1.82) is 0 Å². The van der Waals surface area contributed by atoms with Crippen LogP contribution in [0.2, 0.25) is 0 Å². The highest BCUT2D eigenvalue weighted by atomic mass is 19.4. The number of halogens is 3. The number of carbonyl (C=O) groups excluding carboxylic acids is 1. The molecule has 0 aliphatic carbocycles. The smallest absolute Gasteiger partial charge is 0.369 e. The van der Waals surface area contributed by atoms with Gasteiger partial charge in [0.1, 0.15) is 0 Å². The highest BCUT2D eigenvalue weighted by molar-refractivity contribution is 5.76. The second-order valence-corrected chi connectivity index (χ2v) is 4.07. The summed E-state index contributed by atoms with van der Waals surface area (Å²) < 4.78 is 36.8. The van der Waals surface area contributed by atoms with Crippen molar-refractivity contribution >= 4 is 5.91 Å². The van der Waals surface area contributed by atoms with Crippen molar-refractivity contribution in [3.8, 4) is 0 Å². The van der Waals surface area contributed by atoms with E-state index in [9.17, 15) is 18.0 Å². The Kier molecular flexibility index (Phi) is 5.11. The Bertz CT molecular complexity index is 215. The van der Waals surface area contributed by atoms with E-state index in [0.717, 1.165) is 6.92 Å². The first-order valence-corrected chi connectivity index (χ1v) is 5.06. The molecule has 5 heteroatoms. The van der Waals surface area contributed by atoms with Gasteiger partial charge in [0.2, 0.25) is 5.91 Å². The molecule has 1 amide bonds. The van der Waals surface area contributed by atoms with Crippen molar-refractivity contribution in [2.45, 2.75) is 39.8 Å². The Hall–Kier alpha value is -0.740. The van der Waals surface area contributed by atoms with Crippen molar-refractivity contribution in [2.24, 2.45) is 23.5 Å². The summed E-state index contributed by atoms with van der Waals surface area (Å²) in [6.07, 6.45) is -3.75. The van der Waals surface area contributed by atoms with Crippen LogP contribution in [0.5, 0.6) is 0 Å². The minimum atomic E-state index is -4.19. The van der Waals surface area contributed by atoms with Gasteiger partial charge in [0, 0.05) is 5.92 Å². The van der Waals surface area contributed by atoms with Crippen LogP contribution in [-0.4, -0.2) is 12.1 Å². The zero-order valence-electron chi connectivity index (χ0n) is 9.27. The Morgan fingerprint density at radius 1 is 1.33 bits per heavy atom. The average molecular weight is 225 g/mol. The largest absolute Gasteiger partial charge is 0.391 e. The molecule has 0 heterocycles. The first-order valence-electron chi connectivity index (χ1n) is 5.06. The van der Waals surface area contributed by atoms with Gasteiger partial charge in [0.05, 0.1) is 5.92 Å². The zero-order valence-corrected chi connectivity index (χ0v) is 9.27. The summed E-state index contributed by atoms with van der Waals surface area (Å²) in [4.78, 5) is 10.9. The van der Waals surface area contributed by atoms with E-state index in [0.29, 0.717) is 6.42 Å². The van der Waals surface area contributed by atoms with Crippen LogP contribution in [0.25, 0.3) is 0 Å². The monoisotopic (exact) mass is 225 g/mol. The molecule has 0 aromatic rings. The molecule has 0 saturated carbocycles. The average Bonchev–Trinajstić information content (AvgIpc) is 2.02. The minimum Gasteiger partial charge on any atom is -0.369 e. The number of hydrogen-bond donors (Lipinski definition) is 1. The molecule has 90 valence electrons. The van der Waals surface area contributed by atoms with E-state index in [2.05, 4.69) is 0 Å². The molecular weight excluding hydrogens is 207 g/mol. The lowest BCUT2D eigenvalue weighted by Gasteiger charge is -2.24. The van der Waals surface area contributed by atoms with Crippen molar-refractivity contribution in [3.63, 3.8) is 0 Å². The molecule has 0 radical (unpaired) electrons. The summed E-state index contributed by atoms with van der Waals surface area (Å²) in [5.74, 6) is -2.70. The van der Waals surface area contributed by atoms with E-state index in [-0.39, 0.29) is 12.3 Å². The number of alkyl halides is 3. The van der Waals surface area contributed by atoms with Crippen LogP contribution in [-0.2, 0) is 4.79 Å². The third-order valence-corrected chi connectivity index (χ3v) is 2.78. The Balaban J connectivity index is 4.34. The second-order valence-electron chi connectivity index (χ2n) is 4.07. The van der Waals surface area contributed by atoms with Gasteiger partial charge in [0.15, 0.2) is 0 Å². The predicted octanol–water partition coefficient (Wildman–Crippen LogP) is 2.72. The van der Waals surface area contributed by atoms with Crippen LogP contribution in [0.3, 0.4) is 0 Å². The molecule has 0 fully saturated rings. The standard InChI is InChI=1S/C10H18F3NO/c1-4-8(9(14)15)6(2)5-7(3)10(11,12)13/h6-8H,4-5H2,1-3H3,(H2,14,15). The number of amides is 1. The van der Waals surface area contributed by atoms with Crippen LogP contribution in [0, 0.1) is 17.8 Å². The number of nitrogens with two attached hydrogens (primary N) is 1. The molecule has 0 aliphatic heterocycles. The summed E-state index contributed by atoms with van der Waals surface area (Å²) in [6.45, 7) is 4.52. The number of hydrogen-bond acceptors (Lipinski definition) is 1. The van der Waals surface area contributed by atoms with E-state index >= 15 is 0 Å². The zero-order chi connectivity index (χ0) is 12.2. The molecule has 0 saturated heterocycles. The quantitative estimate of drug-likeness (QED) is 0.768. The fourth-order valence-electron chi connectivity index (χ4n) is 1.74. The topological polar surface area (TPSA) is 43.1 Å². The first kappa shape index (κ1) is 14.3. The van der Waals surface area contributed by atoms with Crippen LogP contribution >= 0.6 is 0 Å². The van der Waals surface area contributed by atoms with E-state index in [1.54, 1.807) is 13.8 Å². The number of primary amides is 1. The van der Waals surface area contributed by atoms with Crippen molar-refractivity contribution in [1.82, 2.24) is 0 Å². The maximum Gasteiger partial charge on any atom is 0.391 e. The summed E-state index contributed by atoms with van der Waals surface area (Å²) in [5, 5.41) is 0. The van der Waals surface area contributed by atoms with E-state index in [4.69, 9.17) is 5.73 Å².